The lowest BCUT2D eigenvalue weighted by molar-refractivity contribution is -0.118. The molecule has 1 amide bonds. The highest BCUT2D eigenvalue weighted by Gasteiger charge is 2.50. The molecule has 0 spiro atoms. The molecule has 158 valence electrons. The van der Waals surface area contributed by atoms with Crippen molar-refractivity contribution >= 4 is 17.5 Å². The molecule has 0 aliphatic heterocycles. The Kier molecular flexibility index (Phi) is 4.77. The fourth-order valence-electron chi connectivity index (χ4n) is 4.68. The van der Waals surface area contributed by atoms with E-state index in [1.807, 2.05) is 30.3 Å². The van der Waals surface area contributed by atoms with Gasteiger partial charge in [0.2, 0.25) is 5.91 Å². The first-order chi connectivity index (χ1) is 14.9. The van der Waals surface area contributed by atoms with E-state index in [0.717, 1.165) is 47.3 Å². The molecule has 2 aliphatic carbocycles. The summed E-state index contributed by atoms with van der Waals surface area (Å²) in [5, 5.41) is 2.98. The fourth-order valence-corrected chi connectivity index (χ4v) is 4.68. The molecule has 2 aromatic heterocycles. The number of pyridine rings is 1. The largest absolute Gasteiger partial charge is 0.358 e. The van der Waals surface area contributed by atoms with Gasteiger partial charge in [-0.1, -0.05) is 44.2 Å². The Morgan fingerprint density at radius 2 is 1.97 bits per heavy atom. The molecular weight excluding hydrogens is 386 g/mol. The van der Waals surface area contributed by atoms with Crippen molar-refractivity contribution in [2.45, 2.75) is 46.0 Å². The number of fused-ring (bicyclic) bond motifs is 1. The summed E-state index contributed by atoms with van der Waals surface area (Å²) in [6, 6.07) is 14.1. The van der Waals surface area contributed by atoms with Crippen LogP contribution in [0.1, 0.15) is 60.3 Å². The van der Waals surface area contributed by atoms with E-state index in [-0.39, 0.29) is 23.0 Å². The van der Waals surface area contributed by atoms with Gasteiger partial charge in [0, 0.05) is 41.8 Å². The second-order valence-corrected chi connectivity index (χ2v) is 9.44. The normalized spacial score (nSPS) is 19.0. The van der Waals surface area contributed by atoms with Gasteiger partial charge in [0.25, 0.3) is 0 Å². The van der Waals surface area contributed by atoms with E-state index in [1.54, 1.807) is 6.20 Å². The predicted molar refractivity (Wildman–Crippen MR) is 121 cm³/mol. The molecule has 0 radical (unpaired) electrons. The van der Waals surface area contributed by atoms with Gasteiger partial charge in [0.05, 0.1) is 5.69 Å². The van der Waals surface area contributed by atoms with Crippen molar-refractivity contribution in [3.63, 3.8) is 0 Å². The first kappa shape index (κ1) is 19.7. The highest BCUT2D eigenvalue weighted by atomic mass is 16.2. The van der Waals surface area contributed by atoms with Gasteiger partial charge in [-0.25, -0.2) is 4.98 Å². The number of nitrogens with one attached hydrogen (secondary N) is 2. The number of nitrogens with zero attached hydrogens (tertiary/aromatic N) is 1. The molecule has 1 aromatic carbocycles. The van der Waals surface area contributed by atoms with Gasteiger partial charge in [-0.3, -0.25) is 9.59 Å². The Morgan fingerprint density at radius 3 is 2.71 bits per heavy atom. The van der Waals surface area contributed by atoms with Crippen LogP contribution in [-0.2, 0) is 17.6 Å². The molecule has 5 heteroatoms. The standard InChI is InChI=1S/C26H27N3O2/c1-26(2)15-19(26)25(31)29-22-14-17(11-12-27-22)24-18(13-16-7-4-3-5-8-16)23-20(28-24)9-6-10-21(23)30/h3-5,7-8,11-12,14,19,28H,6,9-10,13,15H2,1-2H3,(H,27,29,31). The van der Waals surface area contributed by atoms with Gasteiger partial charge in [0.1, 0.15) is 5.82 Å². The molecule has 3 aromatic rings. The summed E-state index contributed by atoms with van der Waals surface area (Å²) in [4.78, 5) is 33.2. The Hall–Kier alpha value is -3.21. The summed E-state index contributed by atoms with van der Waals surface area (Å²) in [6.45, 7) is 4.22. The molecule has 1 fully saturated rings. The molecule has 5 rings (SSSR count). The third kappa shape index (κ3) is 3.80. The molecule has 5 nitrogen and oxygen atoms in total. The van der Waals surface area contributed by atoms with Crippen LogP contribution in [0.5, 0.6) is 0 Å². The number of Topliss-reactive ketones (excluding diaryl/α,β-unsaturated/α-hetero) is 1. The van der Waals surface area contributed by atoms with Crippen LogP contribution in [0.2, 0.25) is 0 Å². The molecule has 2 heterocycles. The van der Waals surface area contributed by atoms with E-state index < -0.39 is 0 Å². The van der Waals surface area contributed by atoms with Crippen LogP contribution in [0.25, 0.3) is 11.3 Å². The number of aromatic nitrogens is 2. The second-order valence-electron chi connectivity index (χ2n) is 9.44. The van der Waals surface area contributed by atoms with Crippen LogP contribution in [0.4, 0.5) is 5.82 Å². The van der Waals surface area contributed by atoms with Crippen LogP contribution < -0.4 is 5.32 Å². The maximum atomic E-state index is 12.8. The summed E-state index contributed by atoms with van der Waals surface area (Å²) in [7, 11) is 0. The fraction of sp³-hybridized carbons (Fsp3) is 0.346. The Bertz CT molecular complexity index is 1160. The number of benzene rings is 1. The average Bonchev–Trinajstić information content (AvgIpc) is 3.24. The SMILES string of the molecule is CC1(C)CC1C(=O)Nc1cc(-c2[nH]c3c(c2Cc2ccccc2)C(=O)CCC3)ccn1. The quantitative estimate of drug-likeness (QED) is 0.606. The van der Waals surface area contributed by atoms with E-state index in [9.17, 15) is 9.59 Å². The number of rotatable bonds is 5. The zero-order valence-corrected chi connectivity index (χ0v) is 18.0. The van der Waals surface area contributed by atoms with Gasteiger partial charge in [-0.2, -0.15) is 0 Å². The van der Waals surface area contributed by atoms with Crippen LogP contribution in [-0.4, -0.2) is 21.7 Å². The highest BCUT2D eigenvalue weighted by molar-refractivity contribution is 6.02. The number of amides is 1. The summed E-state index contributed by atoms with van der Waals surface area (Å²) >= 11 is 0. The molecule has 2 aliphatic rings. The van der Waals surface area contributed by atoms with Gasteiger partial charge >= 0.3 is 0 Å². The molecule has 31 heavy (non-hydrogen) atoms. The van der Waals surface area contributed by atoms with Crippen LogP contribution in [0, 0.1) is 11.3 Å². The molecule has 1 unspecified atom stereocenters. The minimum atomic E-state index is 0.0279. The van der Waals surface area contributed by atoms with E-state index in [1.165, 1.54) is 5.56 Å². The lowest BCUT2D eigenvalue weighted by Crippen LogP contribution is -2.17. The summed E-state index contributed by atoms with van der Waals surface area (Å²) < 4.78 is 0. The van der Waals surface area contributed by atoms with E-state index >= 15 is 0 Å². The number of H-pyrrole nitrogens is 1. The smallest absolute Gasteiger partial charge is 0.229 e. The Balaban J connectivity index is 1.51. The van der Waals surface area contributed by atoms with Crippen molar-refractivity contribution in [1.82, 2.24) is 9.97 Å². The number of ketones is 1. The molecule has 0 saturated heterocycles. The zero-order valence-electron chi connectivity index (χ0n) is 18.0. The minimum absolute atomic E-state index is 0.0279. The van der Waals surface area contributed by atoms with E-state index in [0.29, 0.717) is 18.7 Å². The van der Waals surface area contributed by atoms with Crippen molar-refractivity contribution in [1.29, 1.82) is 0 Å². The predicted octanol–water partition coefficient (Wildman–Crippen LogP) is 5.17. The molecular formula is C26H27N3O2. The number of aromatic amines is 1. The number of hydrogen-bond donors (Lipinski definition) is 2. The highest BCUT2D eigenvalue weighted by Crippen LogP contribution is 2.52. The van der Waals surface area contributed by atoms with Crippen molar-refractivity contribution in [2.24, 2.45) is 11.3 Å². The van der Waals surface area contributed by atoms with E-state index in [4.69, 9.17) is 0 Å². The van der Waals surface area contributed by atoms with Crippen LogP contribution in [0.15, 0.2) is 48.7 Å². The topological polar surface area (TPSA) is 74.8 Å². The van der Waals surface area contributed by atoms with Crippen LogP contribution >= 0.6 is 0 Å². The molecule has 2 N–H and O–H groups in total. The molecule has 1 saturated carbocycles. The first-order valence-electron chi connectivity index (χ1n) is 11.0. The first-order valence-corrected chi connectivity index (χ1v) is 11.0. The van der Waals surface area contributed by atoms with Crippen molar-refractivity contribution in [3.8, 4) is 11.3 Å². The van der Waals surface area contributed by atoms with Crippen molar-refractivity contribution in [3.05, 3.63) is 71.0 Å². The summed E-state index contributed by atoms with van der Waals surface area (Å²) in [5.74, 6) is 0.838. The van der Waals surface area contributed by atoms with Crippen molar-refractivity contribution < 1.29 is 9.59 Å². The van der Waals surface area contributed by atoms with Gasteiger partial charge in [0.15, 0.2) is 5.78 Å². The summed E-state index contributed by atoms with van der Waals surface area (Å²) in [5.41, 5.74) is 6.05. The third-order valence-corrected chi connectivity index (χ3v) is 6.64. The van der Waals surface area contributed by atoms with E-state index in [2.05, 4.69) is 41.3 Å². The lowest BCUT2D eigenvalue weighted by Gasteiger charge is -2.12. The zero-order chi connectivity index (χ0) is 21.6. The van der Waals surface area contributed by atoms with Gasteiger partial charge in [-0.05, 0) is 47.9 Å². The van der Waals surface area contributed by atoms with Gasteiger partial charge in [-0.15, -0.1) is 0 Å². The summed E-state index contributed by atoms with van der Waals surface area (Å²) in [6.07, 6.45) is 5.68. The number of carbonyl (C=O) groups is 2. The Labute approximate surface area is 182 Å². The Morgan fingerprint density at radius 1 is 1.19 bits per heavy atom. The van der Waals surface area contributed by atoms with Crippen LogP contribution in [0.3, 0.4) is 0 Å². The molecule has 1 atom stereocenters. The third-order valence-electron chi connectivity index (χ3n) is 6.64. The van der Waals surface area contributed by atoms with Crippen molar-refractivity contribution in [2.75, 3.05) is 5.32 Å². The number of carbonyl (C=O) groups excluding carboxylic acids is 2. The lowest BCUT2D eigenvalue weighted by atomic mass is 9.90. The molecule has 0 bridgehead atoms. The monoisotopic (exact) mass is 413 g/mol. The number of anilines is 1. The number of hydrogen-bond acceptors (Lipinski definition) is 3. The minimum Gasteiger partial charge on any atom is -0.358 e. The maximum absolute atomic E-state index is 12.8. The maximum Gasteiger partial charge on any atom is 0.229 e. The second kappa shape index (κ2) is 7.49. The van der Waals surface area contributed by atoms with Gasteiger partial charge < -0.3 is 10.3 Å². The average molecular weight is 414 g/mol. The number of aryl methyl sites for hydroxylation is 1.